The molecule has 0 unspecified atom stereocenters. The fourth-order valence-corrected chi connectivity index (χ4v) is 4.04. The number of aliphatic hydroxyl groups is 1. The van der Waals surface area contributed by atoms with Crippen LogP contribution in [0.4, 0.5) is 14.9 Å². The number of nitrogens with one attached hydrogen (secondary N) is 1. The van der Waals surface area contributed by atoms with Gasteiger partial charge in [-0.1, -0.05) is 39.8 Å². The standard InChI is InChI=1S/C22H30FN3O3S/c1-13(2)18-11-16(23)12-19(14(3)4)20(18)25-21(27)26-30(24,29)17-9-7-8-15(10-17)22(5,6)28/h7-14,28H,1-6H3,(H3,24,25,26,27,29)/t30-/m1/s1. The van der Waals surface area contributed by atoms with Gasteiger partial charge in [0.15, 0.2) is 0 Å². The van der Waals surface area contributed by atoms with Gasteiger partial charge in [0.25, 0.3) is 0 Å². The molecule has 2 amide bonds. The number of carbonyl (C=O) groups is 1. The molecule has 0 heterocycles. The van der Waals surface area contributed by atoms with Crippen molar-refractivity contribution in [2.24, 2.45) is 9.50 Å². The highest BCUT2D eigenvalue weighted by atomic mass is 32.2. The van der Waals surface area contributed by atoms with E-state index in [2.05, 4.69) is 9.68 Å². The molecule has 4 N–H and O–H groups in total. The number of nitrogens with zero attached hydrogens (tertiary/aromatic N) is 1. The van der Waals surface area contributed by atoms with Crippen LogP contribution in [0.3, 0.4) is 0 Å². The molecule has 0 aliphatic carbocycles. The number of benzene rings is 2. The first kappa shape index (κ1) is 24.0. The number of hydrogen-bond acceptors (Lipinski definition) is 3. The Bertz CT molecular complexity index is 1040. The largest absolute Gasteiger partial charge is 0.386 e. The van der Waals surface area contributed by atoms with E-state index in [1.807, 2.05) is 27.7 Å². The average molecular weight is 436 g/mol. The van der Waals surface area contributed by atoms with Gasteiger partial charge in [-0.15, -0.1) is 4.36 Å². The lowest BCUT2D eigenvalue weighted by molar-refractivity contribution is 0.0784. The lowest BCUT2D eigenvalue weighted by Gasteiger charge is -2.20. The third-order valence-electron chi connectivity index (χ3n) is 4.74. The number of halogens is 1. The molecule has 2 rings (SSSR count). The maximum atomic E-state index is 14.1. The molecular formula is C22H30FN3O3S. The Hall–Kier alpha value is -2.29. The minimum atomic E-state index is -3.56. The third kappa shape index (κ3) is 5.65. The van der Waals surface area contributed by atoms with Gasteiger partial charge in [0, 0.05) is 5.69 Å². The Morgan fingerprint density at radius 2 is 1.67 bits per heavy atom. The summed E-state index contributed by atoms with van der Waals surface area (Å²) in [7, 11) is -3.56. The summed E-state index contributed by atoms with van der Waals surface area (Å²) in [5, 5.41) is 18.7. The Morgan fingerprint density at radius 3 is 2.13 bits per heavy atom. The second kappa shape index (κ2) is 8.83. The van der Waals surface area contributed by atoms with Crippen molar-refractivity contribution in [2.45, 2.75) is 63.9 Å². The maximum absolute atomic E-state index is 14.1. The van der Waals surface area contributed by atoms with Gasteiger partial charge in [0.2, 0.25) is 0 Å². The van der Waals surface area contributed by atoms with Gasteiger partial charge in [-0.2, -0.15) is 0 Å². The summed E-state index contributed by atoms with van der Waals surface area (Å²) in [5.74, 6) is -0.498. The summed E-state index contributed by atoms with van der Waals surface area (Å²) in [6.07, 6.45) is 0. The smallest absolute Gasteiger partial charge is 0.354 e. The summed E-state index contributed by atoms with van der Waals surface area (Å²) >= 11 is 0. The van der Waals surface area contributed by atoms with E-state index < -0.39 is 21.5 Å². The Labute approximate surface area is 178 Å². The highest BCUT2D eigenvalue weighted by Gasteiger charge is 2.21. The van der Waals surface area contributed by atoms with E-state index in [1.165, 1.54) is 24.3 Å². The molecule has 0 aromatic heterocycles. The number of hydrogen-bond donors (Lipinski definition) is 3. The van der Waals surface area contributed by atoms with E-state index >= 15 is 0 Å². The summed E-state index contributed by atoms with van der Waals surface area (Å²) in [4.78, 5) is 12.8. The van der Waals surface area contributed by atoms with Gasteiger partial charge >= 0.3 is 6.03 Å². The molecule has 1 atom stereocenters. The number of anilines is 1. The van der Waals surface area contributed by atoms with Crippen molar-refractivity contribution in [1.82, 2.24) is 0 Å². The molecule has 0 aliphatic heterocycles. The first-order valence-corrected chi connectivity index (χ1v) is 11.3. The Kier molecular flexibility index (Phi) is 7.06. The topological polar surface area (TPSA) is 105 Å². The molecule has 0 saturated heterocycles. The van der Waals surface area contributed by atoms with Crippen LogP contribution >= 0.6 is 0 Å². The highest BCUT2D eigenvalue weighted by Crippen LogP contribution is 2.34. The summed E-state index contributed by atoms with van der Waals surface area (Å²) in [5.41, 5.74) is 1.02. The normalized spacial score (nSPS) is 14.0. The number of rotatable bonds is 5. The number of carbonyl (C=O) groups excluding carboxylic acids is 1. The Morgan fingerprint density at radius 1 is 1.13 bits per heavy atom. The van der Waals surface area contributed by atoms with Crippen LogP contribution in [0.25, 0.3) is 0 Å². The molecule has 0 fully saturated rings. The maximum Gasteiger partial charge on any atom is 0.354 e. The van der Waals surface area contributed by atoms with E-state index in [0.29, 0.717) is 22.4 Å². The molecule has 164 valence electrons. The molecule has 8 heteroatoms. The van der Waals surface area contributed by atoms with Crippen molar-refractivity contribution in [1.29, 1.82) is 0 Å². The van der Waals surface area contributed by atoms with Gasteiger partial charge < -0.3 is 10.4 Å². The van der Waals surface area contributed by atoms with Crippen LogP contribution in [0.5, 0.6) is 0 Å². The van der Waals surface area contributed by atoms with Gasteiger partial charge in [-0.3, -0.25) is 0 Å². The molecule has 6 nitrogen and oxygen atoms in total. The van der Waals surface area contributed by atoms with E-state index in [4.69, 9.17) is 5.14 Å². The predicted molar refractivity (Wildman–Crippen MR) is 118 cm³/mol. The first-order valence-electron chi connectivity index (χ1n) is 9.74. The molecular weight excluding hydrogens is 405 g/mol. The Balaban J connectivity index is 2.48. The molecule has 30 heavy (non-hydrogen) atoms. The van der Waals surface area contributed by atoms with E-state index in [-0.39, 0.29) is 22.5 Å². The van der Waals surface area contributed by atoms with Crippen molar-refractivity contribution in [2.75, 3.05) is 5.32 Å². The molecule has 2 aromatic carbocycles. The minimum absolute atomic E-state index is 0.0563. The zero-order chi connectivity index (χ0) is 22.9. The molecule has 0 radical (unpaired) electrons. The van der Waals surface area contributed by atoms with E-state index in [0.717, 1.165) is 0 Å². The second-order valence-corrected chi connectivity index (χ2v) is 10.2. The summed E-state index contributed by atoms with van der Waals surface area (Å²) in [6, 6.07) is 8.09. The van der Waals surface area contributed by atoms with Crippen molar-refractivity contribution in [3.63, 3.8) is 0 Å². The van der Waals surface area contributed by atoms with E-state index in [1.54, 1.807) is 26.0 Å². The molecule has 0 saturated carbocycles. The van der Waals surface area contributed by atoms with Gasteiger partial charge in [0.05, 0.1) is 10.5 Å². The van der Waals surface area contributed by atoms with Gasteiger partial charge in [0.1, 0.15) is 15.7 Å². The SMILES string of the molecule is CC(C)c1cc(F)cc(C(C)C)c1NC(=O)N=[S@@](N)(=O)c1cccc(C(C)(C)O)c1. The zero-order valence-corrected chi connectivity index (χ0v) is 19.0. The molecule has 0 aliphatic rings. The lowest BCUT2D eigenvalue weighted by atomic mass is 9.92. The lowest BCUT2D eigenvalue weighted by Crippen LogP contribution is -2.21. The van der Waals surface area contributed by atoms with Crippen LogP contribution in [0.2, 0.25) is 0 Å². The number of nitrogens with two attached hydrogens (primary N) is 1. The predicted octanol–water partition coefficient (Wildman–Crippen LogP) is 5.23. The third-order valence-corrected chi connectivity index (χ3v) is 6.10. The molecule has 2 aromatic rings. The second-order valence-electron chi connectivity index (χ2n) is 8.45. The van der Waals surface area contributed by atoms with Crippen LogP contribution in [0.15, 0.2) is 45.7 Å². The fraction of sp³-hybridized carbons (Fsp3) is 0.409. The average Bonchev–Trinajstić information content (AvgIpc) is 2.61. The van der Waals surface area contributed by atoms with Crippen LogP contribution in [0.1, 0.15) is 70.1 Å². The highest BCUT2D eigenvalue weighted by molar-refractivity contribution is 7.91. The zero-order valence-electron chi connectivity index (χ0n) is 18.2. The quantitative estimate of drug-likeness (QED) is 0.598. The number of amides is 2. The van der Waals surface area contributed by atoms with Crippen LogP contribution in [0, 0.1) is 5.82 Å². The van der Waals surface area contributed by atoms with E-state index in [9.17, 15) is 18.5 Å². The number of urea groups is 1. The van der Waals surface area contributed by atoms with Gasteiger partial charge in [-0.25, -0.2) is 18.5 Å². The first-order chi connectivity index (χ1) is 13.7. The monoisotopic (exact) mass is 435 g/mol. The summed E-state index contributed by atoms with van der Waals surface area (Å²) in [6.45, 7) is 10.7. The fourth-order valence-electron chi connectivity index (χ4n) is 3.07. The van der Waals surface area contributed by atoms with Crippen molar-refractivity contribution >= 4 is 21.6 Å². The van der Waals surface area contributed by atoms with Crippen LogP contribution in [-0.2, 0) is 15.5 Å². The molecule has 0 bridgehead atoms. The van der Waals surface area contributed by atoms with Crippen molar-refractivity contribution < 1.29 is 18.5 Å². The van der Waals surface area contributed by atoms with Gasteiger partial charge in [-0.05, 0) is 66.6 Å². The van der Waals surface area contributed by atoms with Crippen LogP contribution < -0.4 is 10.5 Å². The van der Waals surface area contributed by atoms with Crippen LogP contribution in [-0.4, -0.2) is 15.3 Å². The van der Waals surface area contributed by atoms with Crippen molar-refractivity contribution in [3.05, 3.63) is 58.9 Å². The minimum Gasteiger partial charge on any atom is -0.386 e. The summed E-state index contributed by atoms with van der Waals surface area (Å²) < 4.78 is 30.7. The van der Waals surface area contributed by atoms with Crippen molar-refractivity contribution in [3.8, 4) is 0 Å². The molecule has 0 spiro atoms.